The second-order valence-corrected chi connectivity index (χ2v) is 10.0. The number of carbonyl (C=O) groups excluding carboxylic acids is 1. The summed E-state index contributed by atoms with van der Waals surface area (Å²) >= 11 is 0. The van der Waals surface area contributed by atoms with Gasteiger partial charge in [0.1, 0.15) is 6.04 Å². The summed E-state index contributed by atoms with van der Waals surface area (Å²) in [7, 11) is -3.80. The highest BCUT2D eigenvalue weighted by Crippen LogP contribution is 2.25. The van der Waals surface area contributed by atoms with Gasteiger partial charge in [0.15, 0.2) is 5.69 Å². The average molecular weight is 501 g/mol. The van der Waals surface area contributed by atoms with Gasteiger partial charge in [-0.2, -0.15) is 9.40 Å². The van der Waals surface area contributed by atoms with Crippen molar-refractivity contribution >= 4 is 38.4 Å². The lowest BCUT2D eigenvalue weighted by Crippen LogP contribution is -2.40. The third-order valence-electron chi connectivity index (χ3n) is 5.82. The van der Waals surface area contributed by atoms with Gasteiger partial charge in [-0.1, -0.05) is 24.3 Å². The number of hydrogen-bond donors (Lipinski definition) is 2. The summed E-state index contributed by atoms with van der Waals surface area (Å²) in [6.45, 7) is 4.14. The second-order valence-electron chi connectivity index (χ2n) is 8.11. The molecule has 0 spiro atoms. The fourth-order valence-corrected chi connectivity index (χ4v) is 5.53. The van der Waals surface area contributed by atoms with Crippen molar-refractivity contribution in [3.8, 4) is 0 Å². The number of amides is 1. The van der Waals surface area contributed by atoms with Crippen LogP contribution in [0.3, 0.4) is 0 Å². The molecule has 11 nitrogen and oxygen atoms in total. The number of aromatic carboxylic acids is 1. The van der Waals surface area contributed by atoms with E-state index in [1.165, 1.54) is 29.4 Å². The number of fused-ring (bicyclic) bond motifs is 1. The molecule has 4 rings (SSSR count). The van der Waals surface area contributed by atoms with E-state index in [2.05, 4.69) is 10.4 Å². The molecule has 35 heavy (non-hydrogen) atoms. The second kappa shape index (κ2) is 9.56. The molecule has 3 aromatic rings. The Morgan fingerprint density at radius 1 is 1.11 bits per heavy atom. The standard InChI is InChI=1S/C23H24N4O7S/c1-14-7-8-16(13-19(14)35(32,33)26-9-11-34-12-10-26)24-21(28)15(2)27-22(29)18-6-4-3-5-17(18)20(25-27)23(30)31/h3-8,13,15H,9-12H2,1-2H3,(H,24,28)(H,30,31). The maximum absolute atomic E-state index is 13.1. The first-order valence-electron chi connectivity index (χ1n) is 10.9. The van der Waals surface area contributed by atoms with Crippen LogP contribution in [0.4, 0.5) is 5.69 Å². The minimum atomic E-state index is -3.80. The summed E-state index contributed by atoms with van der Waals surface area (Å²) in [5, 5.41) is 16.4. The zero-order valence-electron chi connectivity index (χ0n) is 19.1. The van der Waals surface area contributed by atoms with Crippen molar-refractivity contribution in [1.82, 2.24) is 14.1 Å². The fraction of sp³-hybridized carbons (Fsp3) is 0.304. The van der Waals surface area contributed by atoms with Crippen LogP contribution in [0.25, 0.3) is 10.8 Å². The molecule has 1 aliphatic rings. The number of aryl methyl sites for hydroxylation is 1. The summed E-state index contributed by atoms with van der Waals surface area (Å²) in [5.41, 5.74) is -0.241. The molecule has 2 heterocycles. The smallest absolute Gasteiger partial charge is 0.357 e. The van der Waals surface area contributed by atoms with Gasteiger partial charge < -0.3 is 15.2 Å². The third kappa shape index (κ3) is 4.67. The summed E-state index contributed by atoms with van der Waals surface area (Å²) in [6.07, 6.45) is 0. The predicted octanol–water partition coefficient (Wildman–Crippen LogP) is 1.62. The van der Waals surface area contributed by atoms with Crippen LogP contribution >= 0.6 is 0 Å². The van der Waals surface area contributed by atoms with Gasteiger partial charge in [0, 0.05) is 24.2 Å². The first-order valence-corrected chi connectivity index (χ1v) is 12.3. The Kier molecular flexibility index (Phi) is 6.70. The van der Waals surface area contributed by atoms with Crippen LogP contribution in [0.15, 0.2) is 52.2 Å². The van der Waals surface area contributed by atoms with Gasteiger partial charge in [-0.3, -0.25) is 9.59 Å². The van der Waals surface area contributed by atoms with E-state index in [1.807, 2.05) is 0 Å². The first kappa shape index (κ1) is 24.5. The number of anilines is 1. The van der Waals surface area contributed by atoms with Crippen LogP contribution < -0.4 is 10.9 Å². The van der Waals surface area contributed by atoms with Crippen LogP contribution in [0.1, 0.15) is 29.0 Å². The topological polar surface area (TPSA) is 148 Å². The molecule has 2 aromatic carbocycles. The van der Waals surface area contributed by atoms with E-state index in [1.54, 1.807) is 31.2 Å². The van der Waals surface area contributed by atoms with E-state index < -0.39 is 33.5 Å². The van der Waals surface area contributed by atoms with E-state index in [0.29, 0.717) is 18.8 Å². The number of hydrogen-bond acceptors (Lipinski definition) is 7. The Balaban J connectivity index is 1.65. The van der Waals surface area contributed by atoms with Crippen LogP contribution in [-0.2, 0) is 19.6 Å². The van der Waals surface area contributed by atoms with Crippen molar-refractivity contribution in [3.63, 3.8) is 0 Å². The first-order chi connectivity index (χ1) is 16.6. The summed E-state index contributed by atoms with van der Waals surface area (Å²) in [5.74, 6) is -2.00. The van der Waals surface area contributed by atoms with Crippen LogP contribution in [0.2, 0.25) is 0 Å². The monoisotopic (exact) mass is 500 g/mol. The number of carboxylic acids is 1. The van der Waals surface area contributed by atoms with Crippen molar-refractivity contribution in [2.75, 3.05) is 31.6 Å². The van der Waals surface area contributed by atoms with Crippen LogP contribution in [0, 0.1) is 6.92 Å². The van der Waals surface area contributed by atoms with Crippen molar-refractivity contribution in [1.29, 1.82) is 0 Å². The van der Waals surface area contributed by atoms with E-state index in [-0.39, 0.29) is 40.1 Å². The molecule has 1 amide bonds. The highest BCUT2D eigenvalue weighted by atomic mass is 32.2. The molecule has 2 N–H and O–H groups in total. The van der Waals surface area contributed by atoms with Crippen molar-refractivity contribution in [2.24, 2.45) is 0 Å². The van der Waals surface area contributed by atoms with E-state index >= 15 is 0 Å². The zero-order valence-corrected chi connectivity index (χ0v) is 19.9. The van der Waals surface area contributed by atoms with Crippen molar-refractivity contribution in [2.45, 2.75) is 24.8 Å². The van der Waals surface area contributed by atoms with Gasteiger partial charge in [0.05, 0.1) is 23.5 Å². The number of ether oxygens (including phenoxy) is 1. The quantitative estimate of drug-likeness (QED) is 0.519. The molecule has 1 atom stereocenters. The number of nitrogens with zero attached hydrogens (tertiary/aromatic N) is 3. The molecule has 12 heteroatoms. The van der Waals surface area contributed by atoms with Crippen LogP contribution in [0.5, 0.6) is 0 Å². The van der Waals surface area contributed by atoms with E-state index in [0.717, 1.165) is 4.68 Å². The van der Waals surface area contributed by atoms with Crippen LogP contribution in [-0.4, -0.2) is 65.8 Å². The molecule has 0 radical (unpaired) electrons. The van der Waals surface area contributed by atoms with Gasteiger partial charge >= 0.3 is 5.97 Å². The number of sulfonamides is 1. The summed E-state index contributed by atoms with van der Waals surface area (Å²) in [6, 6.07) is 9.45. The fourth-order valence-electron chi connectivity index (χ4n) is 3.87. The largest absolute Gasteiger partial charge is 0.476 e. The normalized spacial score (nSPS) is 15.6. The van der Waals surface area contributed by atoms with Gasteiger partial charge in [0.2, 0.25) is 15.9 Å². The highest BCUT2D eigenvalue weighted by Gasteiger charge is 2.29. The Morgan fingerprint density at radius 2 is 1.77 bits per heavy atom. The molecular formula is C23H24N4O7S. The van der Waals surface area contributed by atoms with Crippen molar-refractivity contribution < 1.29 is 27.9 Å². The number of benzene rings is 2. The zero-order chi connectivity index (χ0) is 25.3. The van der Waals surface area contributed by atoms with E-state index in [4.69, 9.17) is 4.74 Å². The van der Waals surface area contributed by atoms with Gasteiger partial charge in [-0.15, -0.1) is 0 Å². The number of carboxylic acid groups (broad SMARTS) is 1. The summed E-state index contributed by atoms with van der Waals surface area (Å²) < 4.78 is 33.6. The van der Waals surface area contributed by atoms with Gasteiger partial charge in [0.25, 0.3) is 5.56 Å². The average Bonchev–Trinajstić information content (AvgIpc) is 2.85. The molecule has 1 fully saturated rings. The SMILES string of the molecule is Cc1ccc(NC(=O)C(C)n2nc(C(=O)O)c3ccccc3c2=O)cc1S(=O)(=O)N1CCOCC1. The lowest BCUT2D eigenvalue weighted by molar-refractivity contribution is -0.119. The molecular weight excluding hydrogens is 476 g/mol. The number of rotatable bonds is 6. The molecule has 1 unspecified atom stereocenters. The number of aromatic nitrogens is 2. The maximum Gasteiger partial charge on any atom is 0.357 e. The van der Waals surface area contributed by atoms with Gasteiger partial charge in [-0.25, -0.2) is 17.9 Å². The lowest BCUT2D eigenvalue weighted by Gasteiger charge is -2.27. The molecule has 0 saturated carbocycles. The number of nitrogens with one attached hydrogen (secondary N) is 1. The molecule has 0 aliphatic carbocycles. The Morgan fingerprint density at radius 3 is 2.43 bits per heavy atom. The molecule has 1 aliphatic heterocycles. The minimum Gasteiger partial charge on any atom is -0.476 e. The third-order valence-corrected chi connectivity index (χ3v) is 7.86. The van der Waals surface area contributed by atoms with Gasteiger partial charge in [-0.05, 0) is 37.6 Å². The molecule has 184 valence electrons. The summed E-state index contributed by atoms with van der Waals surface area (Å²) in [4.78, 5) is 37.7. The molecule has 1 saturated heterocycles. The maximum atomic E-state index is 13.1. The van der Waals surface area contributed by atoms with Crippen molar-refractivity contribution in [3.05, 3.63) is 64.1 Å². The number of carbonyl (C=O) groups is 2. The van der Waals surface area contributed by atoms with E-state index in [9.17, 15) is 27.9 Å². The highest BCUT2D eigenvalue weighted by molar-refractivity contribution is 7.89. The minimum absolute atomic E-state index is 0.0546. The molecule has 1 aromatic heterocycles. The Labute approximate surface area is 201 Å². The lowest BCUT2D eigenvalue weighted by atomic mass is 10.1. The Hall–Kier alpha value is -3.61. The predicted molar refractivity (Wildman–Crippen MR) is 127 cm³/mol. The Bertz CT molecular complexity index is 1480. The number of morpholine rings is 1. The molecule has 0 bridgehead atoms.